The molecule has 76 valence electrons. The van der Waals surface area contributed by atoms with Crippen molar-refractivity contribution in [3.8, 4) is 0 Å². The number of hydrogen-bond donors (Lipinski definition) is 0. The molecular formula is C9H16F2N2. The number of alkyl halides is 2. The Hall–Kier alpha value is -0.800. The first-order valence-corrected chi connectivity index (χ1v) is 4.35. The van der Waals surface area contributed by atoms with Crippen LogP contribution in [0.1, 0.15) is 27.2 Å². The average molecular weight is 190 g/mol. The molecule has 0 amide bonds. The van der Waals surface area contributed by atoms with Gasteiger partial charge in [0.25, 0.3) is 6.43 Å². The zero-order valence-corrected chi connectivity index (χ0v) is 8.51. The molecular weight excluding hydrogens is 174 g/mol. The van der Waals surface area contributed by atoms with Crippen LogP contribution in [0.25, 0.3) is 0 Å². The number of rotatable bonds is 3. The van der Waals surface area contributed by atoms with E-state index >= 15 is 0 Å². The summed E-state index contributed by atoms with van der Waals surface area (Å²) in [5, 5.41) is 0. The van der Waals surface area contributed by atoms with Crippen LogP contribution in [0.5, 0.6) is 0 Å². The molecule has 0 N–H and O–H groups in total. The summed E-state index contributed by atoms with van der Waals surface area (Å²) in [7, 11) is 1.33. The van der Waals surface area contributed by atoms with Crippen molar-refractivity contribution in [2.45, 2.75) is 33.6 Å². The SMILES string of the molecule is CCC(=NC(=NC)C(F)F)C(C)C. The Morgan fingerprint density at radius 1 is 1.31 bits per heavy atom. The molecule has 0 saturated carbocycles. The summed E-state index contributed by atoms with van der Waals surface area (Å²) in [5.74, 6) is -0.175. The molecule has 0 aromatic carbocycles. The summed E-state index contributed by atoms with van der Waals surface area (Å²) in [5.41, 5.74) is 0.765. The quantitative estimate of drug-likeness (QED) is 0.483. The van der Waals surface area contributed by atoms with Crippen LogP contribution < -0.4 is 0 Å². The van der Waals surface area contributed by atoms with Crippen molar-refractivity contribution < 1.29 is 8.78 Å². The summed E-state index contributed by atoms with van der Waals surface area (Å²) in [6.07, 6.45) is -1.89. The van der Waals surface area contributed by atoms with Crippen molar-refractivity contribution in [3.05, 3.63) is 0 Å². The third-order valence-electron chi connectivity index (χ3n) is 1.71. The standard InChI is InChI=1S/C9H16F2N2/c1-5-7(6(2)3)13-9(12-4)8(10)11/h6,8H,5H2,1-4H3. The molecule has 4 heteroatoms. The molecule has 0 unspecified atom stereocenters. The van der Waals surface area contributed by atoms with E-state index in [1.807, 2.05) is 20.8 Å². The van der Waals surface area contributed by atoms with Crippen LogP contribution in [-0.2, 0) is 0 Å². The van der Waals surface area contributed by atoms with E-state index < -0.39 is 6.43 Å². The number of amidine groups is 1. The van der Waals surface area contributed by atoms with Crippen LogP contribution in [0, 0.1) is 5.92 Å². The van der Waals surface area contributed by atoms with E-state index in [0.717, 1.165) is 5.71 Å². The third-order valence-corrected chi connectivity index (χ3v) is 1.71. The molecule has 0 spiro atoms. The topological polar surface area (TPSA) is 24.7 Å². The van der Waals surface area contributed by atoms with Gasteiger partial charge in [0.05, 0.1) is 0 Å². The Bertz CT molecular complexity index is 208. The first kappa shape index (κ1) is 12.2. The molecule has 0 aromatic heterocycles. The van der Waals surface area contributed by atoms with Crippen LogP contribution >= 0.6 is 0 Å². The van der Waals surface area contributed by atoms with Gasteiger partial charge in [0.1, 0.15) is 0 Å². The molecule has 0 atom stereocenters. The Morgan fingerprint density at radius 2 is 1.85 bits per heavy atom. The van der Waals surface area contributed by atoms with Gasteiger partial charge >= 0.3 is 0 Å². The van der Waals surface area contributed by atoms with Crippen molar-refractivity contribution in [2.75, 3.05) is 7.05 Å². The van der Waals surface area contributed by atoms with Crippen molar-refractivity contribution in [2.24, 2.45) is 15.9 Å². The van der Waals surface area contributed by atoms with E-state index in [9.17, 15) is 8.78 Å². The van der Waals surface area contributed by atoms with E-state index in [0.29, 0.717) is 6.42 Å². The van der Waals surface area contributed by atoms with Crippen LogP contribution in [0.4, 0.5) is 8.78 Å². The van der Waals surface area contributed by atoms with E-state index in [4.69, 9.17) is 0 Å². The lowest BCUT2D eigenvalue weighted by Crippen LogP contribution is -2.14. The minimum Gasteiger partial charge on any atom is -0.269 e. The first-order valence-electron chi connectivity index (χ1n) is 4.35. The molecule has 0 fully saturated rings. The second-order valence-corrected chi connectivity index (χ2v) is 2.99. The first-order chi connectivity index (χ1) is 6.02. The van der Waals surface area contributed by atoms with Crippen molar-refractivity contribution in [3.63, 3.8) is 0 Å². The van der Waals surface area contributed by atoms with Gasteiger partial charge in [-0.1, -0.05) is 20.8 Å². The molecule has 0 aromatic rings. The predicted molar refractivity (Wildman–Crippen MR) is 51.9 cm³/mol. The van der Waals surface area contributed by atoms with Crippen LogP contribution in [0.3, 0.4) is 0 Å². The lowest BCUT2D eigenvalue weighted by atomic mass is 10.1. The highest BCUT2D eigenvalue weighted by Gasteiger charge is 2.12. The smallest absolute Gasteiger partial charge is 0.269 e. The highest BCUT2D eigenvalue weighted by molar-refractivity contribution is 6.00. The molecule has 0 aliphatic carbocycles. The number of aliphatic imine (C=N–C) groups is 2. The van der Waals surface area contributed by atoms with Crippen LogP contribution in [0.15, 0.2) is 9.98 Å². The fraction of sp³-hybridized carbons (Fsp3) is 0.778. The largest absolute Gasteiger partial charge is 0.296 e. The van der Waals surface area contributed by atoms with Gasteiger partial charge in [0.2, 0.25) is 0 Å². The molecule has 0 rings (SSSR count). The molecule has 0 radical (unpaired) electrons. The highest BCUT2D eigenvalue weighted by Crippen LogP contribution is 2.05. The number of nitrogens with zero attached hydrogens (tertiary/aromatic N) is 2. The molecule has 13 heavy (non-hydrogen) atoms. The van der Waals surface area contributed by atoms with Crippen LogP contribution in [0.2, 0.25) is 0 Å². The number of halogens is 2. The highest BCUT2D eigenvalue weighted by atomic mass is 19.3. The van der Waals surface area contributed by atoms with Crippen molar-refractivity contribution in [1.82, 2.24) is 0 Å². The predicted octanol–water partition coefficient (Wildman–Crippen LogP) is 2.79. The van der Waals surface area contributed by atoms with Gasteiger partial charge in [-0.25, -0.2) is 13.8 Å². The Labute approximate surface area is 77.8 Å². The van der Waals surface area contributed by atoms with Gasteiger partial charge in [-0.15, -0.1) is 0 Å². The summed E-state index contributed by atoms with van der Waals surface area (Å²) < 4.78 is 24.4. The van der Waals surface area contributed by atoms with Gasteiger partial charge in [0.15, 0.2) is 5.84 Å². The zero-order valence-electron chi connectivity index (χ0n) is 8.51. The van der Waals surface area contributed by atoms with E-state index in [1.54, 1.807) is 0 Å². The Kier molecular flexibility index (Phi) is 5.42. The summed E-state index contributed by atoms with van der Waals surface area (Å²) in [6, 6.07) is 0. The molecule has 0 aliphatic rings. The molecule has 0 bridgehead atoms. The van der Waals surface area contributed by atoms with Crippen molar-refractivity contribution >= 4 is 11.5 Å². The molecule has 0 saturated heterocycles. The maximum absolute atomic E-state index is 12.2. The fourth-order valence-electron chi connectivity index (χ4n) is 0.960. The van der Waals surface area contributed by atoms with Gasteiger partial charge in [-0.05, 0) is 12.3 Å². The minimum absolute atomic E-state index is 0.195. The normalized spacial score (nSPS) is 14.5. The summed E-state index contributed by atoms with van der Waals surface area (Å²) in [4.78, 5) is 7.27. The zero-order chi connectivity index (χ0) is 10.4. The molecule has 0 aliphatic heterocycles. The molecule has 0 heterocycles. The van der Waals surface area contributed by atoms with Gasteiger partial charge in [-0.2, -0.15) is 0 Å². The monoisotopic (exact) mass is 190 g/mol. The second-order valence-electron chi connectivity index (χ2n) is 2.99. The van der Waals surface area contributed by atoms with Crippen molar-refractivity contribution in [1.29, 1.82) is 0 Å². The summed E-state index contributed by atoms with van der Waals surface area (Å²) in [6.45, 7) is 5.76. The average Bonchev–Trinajstić information content (AvgIpc) is 2.05. The van der Waals surface area contributed by atoms with Gasteiger partial charge in [-0.3, -0.25) is 4.99 Å². The lowest BCUT2D eigenvalue weighted by Gasteiger charge is -2.07. The van der Waals surface area contributed by atoms with E-state index in [-0.39, 0.29) is 11.8 Å². The summed E-state index contributed by atoms with van der Waals surface area (Å²) >= 11 is 0. The maximum atomic E-state index is 12.2. The third kappa shape index (κ3) is 4.10. The van der Waals surface area contributed by atoms with Crippen LogP contribution in [-0.4, -0.2) is 25.0 Å². The lowest BCUT2D eigenvalue weighted by molar-refractivity contribution is 0.224. The van der Waals surface area contributed by atoms with Gasteiger partial charge < -0.3 is 0 Å². The minimum atomic E-state index is -2.58. The maximum Gasteiger partial charge on any atom is 0.296 e. The Morgan fingerprint density at radius 3 is 2.08 bits per heavy atom. The van der Waals surface area contributed by atoms with E-state index in [2.05, 4.69) is 9.98 Å². The second kappa shape index (κ2) is 5.78. The van der Waals surface area contributed by atoms with Gasteiger partial charge in [0, 0.05) is 12.8 Å². The number of hydrogen-bond acceptors (Lipinski definition) is 1. The van der Waals surface area contributed by atoms with E-state index in [1.165, 1.54) is 7.05 Å². The Balaban J connectivity index is 4.66. The fourth-order valence-corrected chi connectivity index (χ4v) is 0.960. The molecule has 2 nitrogen and oxygen atoms in total.